The Morgan fingerprint density at radius 2 is 2.24 bits per heavy atom. The van der Waals surface area contributed by atoms with E-state index in [0.29, 0.717) is 5.52 Å². The predicted octanol–water partition coefficient (Wildman–Crippen LogP) is 1.05. The van der Waals surface area contributed by atoms with Crippen LogP contribution in [-0.2, 0) is 4.79 Å². The van der Waals surface area contributed by atoms with Crippen molar-refractivity contribution in [1.29, 1.82) is 0 Å². The number of carbonyl (C=O) groups is 1. The molecule has 0 saturated heterocycles. The average molecular weight is 255 g/mol. The molecule has 0 aliphatic carbocycles. The molecule has 1 atom stereocenters. The topological polar surface area (TPSA) is 89.5 Å². The molecule has 0 radical (unpaired) electrons. The van der Waals surface area contributed by atoms with Crippen molar-refractivity contribution in [3.05, 3.63) is 31.7 Å². The van der Waals surface area contributed by atoms with Gasteiger partial charge in [-0.25, -0.2) is 14.4 Å². The number of carboxylic acids is 1. The van der Waals surface area contributed by atoms with Gasteiger partial charge < -0.3 is 9.52 Å². The first-order valence-electron chi connectivity index (χ1n) is 4.90. The molecule has 0 bridgehead atoms. The molecule has 0 amide bonds. The highest BCUT2D eigenvalue weighted by Crippen LogP contribution is 2.19. The number of carboxylic acid groups (broad SMARTS) is 1. The Kier molecular flexibility index (Phi) is 2.84. The summed E-state index contributed by atoms with van der Waals surface area (Å²) in [5.41, 5.74) is -0.423. The second kappa shape index (κ2) is 4.17. The molecule has 0 aliphatic rings. The van der Waals surface area contributed by atoms with Gasteiger partial charge in [-0.3, -0.25) is 4.57 Å². The fourth-order valence-electron chi connectivity index (χ4n) is 1.67. The Morgan fingerprint density at radius 3 is 2.82 bits per heavy atom. The van der Waals surface area contributed by atoms with Gasteiger partial charge in [-0.1, -0.05) is 6.92 Å². The SMILES string of the molecule is CCC(C(=O)O)n1c(=O)oc(=O)c2cscc21. The highest BCUT2D eigenvalue weighted by Gasteiger charge is 2.23. The summed E-state index contributed by atoms with van der Waals surface area (Å²) in [7, 11) is 0. The van der Waals surface area contributed by atoms with Crippen LogP contribution in [0.5, 0.6) is 0 Å². The summed E-state index contributed by atoms with van der Waals surface area (Å²) in [6.07, 6.45) is 0.230. The molecule has 17 heavy (non-hydrogen) atoms. The van der Waals surface area contributed by atoms with Crippen molar-refractivity contribution < 1.29 is 14.3 Å². The fourth-order valence-corrected chi connectivity index (χ4v) is 2.46. The molecule has 2 rings (SSSR count). The third-order valence-corrected chi connectivity index (χ3v) is 3.21. The van der Waals surface area contributed by atoms with E-state index in [2.05, 4.69) is 4.42 Å². The van der Waals surface area contributed by atoms with Crippen LogP contribution in [0.15, 0.2) is 24.8 Å². The lowest BCUT2D eigenvalue weighted by atomic mass is 10.2. The van der Waals surface area contributed by atoms with Gasteiger partial charge in [0.25, 0.3) is 0 Å². The summed E-state index contributed by atoms with van der Waals surface area (Å²) in [6, 6.07) is -1.02. The predicted molar refractivity (Wildman–Crippen MR) is 61.6 cm³/mol. The lowest BCUT2D eigenvalue weighted by molar-refractivity contribution is -0.141. The minimum Gasteiger partial charge on any atom is -0.480 e. The molecule has 6 nitrogen and oxygen atoms in total. The summed E-state index contributed by atoms with van der Waals surface area (Å²) < 4.78 is 5.52. The first kappa shape index (κ1) is 11.6. The summed E-state index contributed by atoms with van der Waals surface area (Å²) in [5, 5.41) is 12.4. The third kappa shape index (κ3) is 1.78. The average Bonchev–Trinajstić information content (AvgIpc) is 2.72. The van der Waals surface area contributed by atoms with Gasteiger partial charge in [-0.15, -0.1) is 11.3 Å². The Labute approximate surface area is 98.7 Å². The number of rotatable bonds is 3. The molecular formula is C10H9NO5S. The van der Waals surface area contributed by atoms with Crippen LogP contribution in [0.1, 0.15) is 19.4 Å². The molecule has 7 heteroatoms. The monoisotopic (exact) mass is 255 g/mol. The lowest BCUT2D eigenvalue weighted by Crippen LogP contribution is -2.31. The van der Waals surface area contributed by atoms with Crippen molar-refractivity contribution in [1.82, 2.24) is 4.57 Å². The van der Waals surface area contributed by atoms with Gasteiger partial charge in [0.05, 0.1) is 10.9 Å². The molecule has 0 spiro atoms. The second-order valence-corrected chi connectivity index (χ2v) is 4.20. The maximum atomic E-state index is 11.6. The number of aliphatic carboxylic acids is 1. The van der Waals surface area contributed by atoms with Crippen LogP contribution < -0.4 is 11.4 Å². The molecule has 0 saturated carbocycles. The molecular weight excluding hydrogens is 246 g/mol. The smallest absolute Gasteiger partial charge is 0.423 e. The molecule has 2 aromatic rings. The molecule has 0 aromatic carbocycles. The van der Waals surface area contributed by atoms with E-state index in [1.807, 2.05) is 0 Å². The molecule has 0 fully saturated rings. The molecule has 90 valence electrons. The first-order valence-corrected chi connectivity index (χ1v) is 5.85. The van der Waals surface area contributed by atoms with Crippen molar-refractivity contribution >= 4 is 28.2 Å². The number of fused-ring (bicyclic) bond motifs is 1. The maximum absolute atomic E-state index is 11.6. The van der Waals surface area contributed by atoms with Crippen LogP contribution in [0.2, 0.25) is 0 Å². The molecule has 2 heterocycles. The zero-order chi connectivity index (χ0) is 12.6. The Morgan fingerprint density at radius 1 is 1.53 bits per heavy atom. The van der Waals surface area contributed by atoms with Gasteiger partial charge in [0.1, 0.15) is 6.04 Å². The number of nitrogens with zero attached hydrogens (tertiary/aromatic N) is 1. The highest BCUT2D eigenvalue weighted by molar-refractivity contribution is 7.09. The van der Waals surface area contributed by atoms with Crippen molar-refractivity contribution in [2.75, 3.05) is 0 Å². The first-order chi connectivity index (χ1) is 8.06. The molecule has 2 aromatic heterocycles. The number of hydrogen-bond donors (Lipinski definition) is 1. The van der Waals surface area contributed by atoms with Crippen molar-refractivity contribution in [3.63, 3.8) is 0 Å². The number of aromatic nitrogens is 1. The van der Waals surface area contributed by atoms with Gasteiger partial charge in [-0.05, 0) is 6.42 Å². The van der Waals surface area contributed by atoms with E-state index in [9.17, 15) is 14.4 Å². The maximum Gasteiger partial charge on any atom is 0.423 e. The normalized spacial score (nSPS) is 12.8. The molecule has 1 unspecified atom stereocenters. The third-order valence-electron chi connectivity index (χ3n) is 2.48. The zero-order valence-corrected chi connectivity index (χ0v) is 9.69. The van der Waals surface area contributed by atoms with Gasteiger partial charge in [0.2, 0.25) is 0 Å². The largest absolute Gasteiger partial charge is 0.480 e. The van der Waals surface area contributed by atoms with Crippen LogP contribution in [0.25, 0.3) is 10.9 Å². The van der Waals surface area contributed by atoms with Gasteiger partial charge in [0.15, 0.2) is 0 Å². The number of thiophene rings is 1. The van der Waals surface area contributed by atoms with Crippen LogP contribution in [0.4, 0.5) is 0 Å². The van der Waals surface area contributed by atoms with Crippen molar-refractivity contribution in [2.45, 2.75) is 19.4 Å². The Bertz CT molecular complexity index is 680. The van der Waals surface area contributed by atoms with E-state index in [0.717, 1.165) is 4.57 Å². The van der Waals surface area contributed by atoms with Crippen LogP contribution >= 0.6 is 11.3 Å². The number of hydrogen-bond acceptors (Lipinski definition) is 5. The zero-order valence-electron chi connectivity index (χ0n) is 8.87. The summed E-state index contributed by atoms with van der Waals surface area (Å²) >= 11 is 1.22. The molecule has 0 aliphatic heterocycles. The van der Waals surface area contributed by atoms with Crippen molar-refractivity contribution in [2.24, 2.45) is 0 Å². The standard InChI is InChI=1S/C10H9NO5S/c1-2-6(8(12)13)11-7-4-17-3-5(7)9(14)16-10(11)15/h3-4,6H,2H2,1H3,(H,12,13). The van der Waals surface area contributed by atoms with E-state index in [1.54, 1.807) is 12.3 Å². The summed E-state index contributed by atoms with van der Waals surface area (Å²) in [5.74, 6) is -2.06. The Balaban J connectivity index is 2.85. The fraction of sp³-hybridized carbons (Fsp3) is 0.300. The van der Waals surface area contributed by atoms with Crippen LogP contribution in [0, 0.1) is 0 Å². The Hall–Kier alpha value is -1.89. The van der Waals surface area contributed by atoms with E-state index >= 15 is 0 Å². The highest BCUT2D eigenvalue weighted by atomic mass is 32.1. The van der Waals surface area contributed by atoms with E-state index < -0.39 is 23.4 Å². The van der Waals surface area contributed by atoms with Crippen molar-refractivity contribution in [3.8, 4) is 0 Å². The lowest BCUT2D eigenvalue weighted by Gasteiger charge is -2.13. The molecule has 1 N–H and O–H groups in total. The summed E-state index contributed by atoms with van der Waals surface area (Å²) in [4.78, 5) is 34.0. The minimum absolute atomic E-state index is 0.230. The van der Waals surface area contributed by atoms with Gasteiger partial charge in [0, 0.05) is 10.8 Å². The quantitative estimate of drug-likeness (QED) is 0.885. The van der Waals surface area contributed by atoms with Crippen LogP contribution in [0.3, 0.4) is 0 Å². The van der Waals surface area contributed by atoms with Gasteiger partial charge >= 0.3 is 17.4 Å². The summed E-state index contributed by atoms with van der Waals surface area (Å²) in [6.45, 7) is 1.65. The van der Waals surface area contributed by atoms with Crippen LogP contribution in [-0.4, -0.2) is 15.6 Å². The van der Waals surface area contributed by atoms with Gasteiger partial charge in [-0.2, -0.15) is 0 Å². The van der Waals surface area contributed by atoms with E-state index in [1.165, 1.54) is 16.7 Å². The minimum atomic E-state index is -1.13. The van der Waals surface area contributed by atoms with E-state index in [4.69, 9.17) is 5.11 Å². The van der Waals surface area contributed by atoms with E-state index in [-0.39, 0.29) is 11.8 Å². The second-order valence-electron chi connectivity index (χ2n) is 3.46.